The van der Waals surface area contributed by atoms with Crippen LogP contribution < -0.4 is 5.32 Å². The van der Waals surface area contributed by atoms with Gasteiger partial charge in [0, 0.05) is 20.1 Å². The van der Waals surface area contributed by atoms with Crippen LogP contribution in [-0.4, -0.2) is 37.5 Å². The highest BCUT2D eigenvalue weighted by Crippen LogP contribution is 2.00. The predicted octanol–water partition coefficient (Wildman–Crippen LogP) is 2.02. The van der Waals surface area contributed by atoms with Crippen LogP contribution in [0, 0.1) is 0 Å². The molecule has 1 fully saturated rings. The van der Waals surface area contributed by atoms with Gasteiger partial charge >= 0.3 is 0 Å². The number of piperazine rings is 1. The number of nitrogens with zero attached hydrogens (tertiary/aromatic N) is 1. The first-order valence-corrected chi connectivity index (χ1v) is 6.17. The van der Waals surface area contributed by atoms with Gasteiger partial charge in [-0.2, -0.15) is 0 Å². The molecule has 1 N–H and O–H groups in total. The molecule has 0 aromatic carbocycles. The first-order chi connectivity index (χ1) is 7.22. The van der Waals surface area contributed by atoms with Gasteiger partial charge in [0.25, 0.3) is 0 Å². The lowest BCUT2D eigenvalue weighted by atomic mass is 10.2. The van der Waals surface area contributed by atoms with E-state index in [-0.39, 0.29) is 5.91 Å². The third kappa shape index (κ3) is 8.43. The van der Waals surface area contributed by atoms with E-state index in [4.69, 9.17) is 0 Å². The second kappa shape index (κ2) is 9.97. The maximum absolute atomic E-state index is 10.7. The van der Waals surface area contributed by atoms with E-state index in [2.05, 4.69) is 19.2 Å². The van der Waals surface area contributed by atoms with Gasteiger partial charge in [-0.1, -0.05) is 46.0 Å². The van der Waals surface area contributed by atoms with Gasteiger partial charge in [0.15, 0.2) is 0 Å². The SMILES string of the molecule is CCCCCCC.CN1CCNCC1=O. The minimum Gasteiger partial charge on any atom is -0.343 e. The van der Waals surface area contributed by atoms with Gasteiger partial charge in [-0.05, 0) is 0 Å². The maximum atomic E-state index is 10.7. The molecule has 1 rings (SSSR count). The maximum Gasteiger partial charge on any atom is 0.236 e. The summed E-state index contributed by atoms with van der Waals surface area (Å²) in [5.41, 5.74) is 0. The number of unbranched alkanes of at least 4 members (excludes halogenated alkanes) is 4. The van der Waals surface area contributed by atoms with Crippen molar-refractivity contribution >= 4 is 5.91 Å². The van der Waals surface area contributed by atoms with E-state index in [1.807, 2.05) is 7.05 Å². The van der Waals surface area contributed by atoms with Gasteiger partial charge in [-0.25, -0.2) is 0 Å². The van der Waals surface area contributed by atoms with Crippen molar-refractivity contribution in [3.05, 3.63) is 0 Å². The fraction of sp³-hybridized carbons (Fsp3) is 0.917. The Morgan fingerprint density at radius 1 is 1.20 bits per heavy atom. The number of carbonyl (C=O) groups is 1. The van der Waals surface area contributed by atoms with Crippen LogP contribution in [-0.2, 0) is 4.79 Å². The highest BCUT2D eigenvalue weighted by Gasteiger charge is 2.11. The highest BCUT2D eigenvalue weighted by molar-refractivity contribution is 5.78. The standard InChI is InChI=1S/C7H16.C5H10N2O/c1-3-5-7-6-4-2;1-7-3-2-6-4-5(7)8/h3-7H2,1-2H3;6H,2-4H2,1H3. The summed E-state index contributed by atoms with van der Waals surface area (Å²) >= 11 is 0. The summed E-state index contributed by atoms with van der Waals surface area (Å²) in [7, 11) is 1.82. The quantitative estimate of drug-likeness (QED) is 0.726. The van der Waals surface area contributed by atoms with Crippen molar-refractivity contribution in [3.8, 4) is 0 Å². The first kappa shape index (κ1) is 14.4. The second-order valence-electron chi connectivity index (χ2n) is 4.05. The fourth-order valence-corrected chi connectivity index (χ4v) is 1.38. The molecule has 3 nitrogen and oxygen atoms in total. The Morgan fingerprint density at radius 3 is 2.13 bits per heavy atom. The van der Waals surface area contributed by atoms with Crippen molar-refractivity contribution in [1.82, 2.24) is 10.2 Å². The van der Waals surface area contributed by atoms with Crippen LogP contribution in [0.2, 0.25) is 0 Å². The van der Waals surface area contributed by atoms with Crippen molar-refractivity contribution in [2.75, 3.05) is 26.7 Å². The summed E-state index contributed by atoms with van der Waals surface area (Å²) in [6.07, 6.45) is 7.01. The summed E-state index contributed by atoms with van der Waals surface area (Å²) in [6, 6.07) is 0. The van der Waals surface area contributed by atoms with Gasteiger partial charge in [-0.3, -0.25) is 4.79 Å². The monoisotopic (exact) mass is 214 g/mol. The number of hydrogen-bond acceptors (Lipinski definition) is 2. The molecule has 3 heteroatoms. The average Bonchev–Trinajstić information content (AvgIpc) is 2.24. The molecule has 0 unspecified atom stereocenters. The summed E-state index contributed by atoms with van der Waals surface area (Å²) < 4.78 is 0. The third-order valence-electron chi connectivity index (χ3n) is 2.53. The predicted molar refractivity (Wildman–Crippen MR) is 64.9 cm³/mol. The fourth-order valence-electron chi connectivity index (χ4n) is 1.38. The number of hydrogen-bond donors (Lipinski definition) is 1. The van der Waals surface area contributed by atoms with E-state index in [1.54, 1.807) is 4.90 Å². The van der Waals surface area contributed by atoms with E-state index in [0.29, 0.717) is 6.54 Å². The molecule has 1 aliphatic heterocycles. The zero-order valence-electron chi connectivity index (χ0n) is 10.5. The lowest BCUT2D eigenvalue weighted by Crippen LogP contribution is -2.45. The Kier molecular flexibility index (Phi) is 9.59. The van der Waals surface area contributed by atoms with Gasteiger partial charge < -0.3 is 10.2 Å². The molecule has 1 saturated heterocycles. The smallest absolute Gasteiger partial charge is 0.236 e. The van der Waals surface area contributed by atoms with Crippen molar-refractivity contribution in [2.24, 2.45) is 0 Å². The Balaban J connectivity index is 0.000000265. The Labute approximate surface area is 94.2 Å². The van der Waals surface area contributed by atoms with E-state index in [9.17, 15) is 4.79 Å². The molecule has 1 aliphatic rings. The average molecular weight is 214 g/mol. The Hall–Kier alpha value is -0.570. The molecule has 0 radical (unpaired) electrons. The molecule has 0 saturated carbocycles. The number of amides is 1. The number of likely N-dealkylation sites (N-methyl/N-ethyl adjacent to an activating group) is 1. The van der Waals surface area contributed by atoms with E-state index < -0.39 is 0 Å². The zero-order chi connectivity index (χ0) is 11.5. The van der Waals surface area contributed by atoms with Crippen LogP contribution in [0.3, 0.4) is 0 Å². The number of rotatable bonds is 4. The van der Waals surface area contributed by atoms with Crippen LogP contribution in [0.15, 0.2) is 0 Å². The second-order valence-corrected chi connectivity index (χ2v) is 4.05. The summed E-state index contributed by atoms with van der Waals surface area (Å²) in [4.78, 5) is 12.4. The number of nitrogens with one attached hydrogen (secondary N) is 1. The summed E-state index contributed by atoms with van der Waals surface area (Å²) in [5, 5.41) is 2.97. The van der Waals surface area contributed by atoms with Crippen LogP contribution in [0.5, 0.6) is 0 Å². The molecule has 1 amide bonds. The van der Waals surface area contributed by atoms with Crippen LogP contribution in [0.4, 0.5) is 0 Å². The molecular formula is C12H26N2O. The van der Waals surface area contributed by atoms with Gasteiger partial charge in [0.05, 0.1) is 6.54 Å². The zero-order valence-corrected chi connectivity index (χ0v) is 10.5. The molecule has 0 aromatic rings. The minimum atomic E-state index is 0.191. The molecular weight excluding hydrogens is 188 g/mol. The van der Waals surface area contributed by atoms with Gasteiger partial charge in [0.2, 0.25) is 5.91 Å². The van der Waals surface area contributed by atoms with E-state index >= 15 is 0 Å². The number of carbonyl (C=O) groups excluding carboxylic acids is 1. The van der Waals surface area contributed by atoms with Crippen molar-refractivity contribution in [3.63, 3.8) is 0 Å². The topological polar surface area (TPSA) is 32.3 Å². The minimum absolute atomic E-state index is 0.191. The molecule has 0 bridgehead atoms. The molecule has 1 heterocycles. The molecule has 0 spiro atoms. The molecule has 90 valence electrons. The Bertz CT molecular complexity index is 156. The molecule has 0 aliphatic carbocycles. The highest BCUT2D eigenvalue weighted by atomic mass is 16.2. The first-order valence-electron chi connectivity index (χ1n) is 6.17. The molecule has 15 heavy (non-hydrogen) atoms. The van der Waals surface area contributed by atoms with Crippen molar-refractivity contribution in [2.45, 2.75) is 46.0 Å². The van der Waals surface area contributed by atoms with E-state index in [1.165, 1.54) is 32.1 Å². The van der Waals surface area contributed by atoms with Gasteiger partial charge in [-0.15, -0.1) is 0 Å². The van der Waals surface area contributed by atoms with Crippen molar-refractivity contribution < 1.29 is 4.79 Å². The molecule has 0 atom stereocenters. The lowest BCUT2D eigenvalue weighted by Gasteiger charge is -2.22. The Morgan fingerprint density at radius 2 is 1.80 bits per heavy atom. The molecule has 0 aromatic heterocycles. The van der Waals surface area contributed by atoms with Crippen LogP contribution >= 0.6 is 0 Å². The van der Waals surface area contributed by atoms with Crippen molar-refractivity contribution in [1.29, 1.82) is 0 Å². The largest absolute Gasteiger partial charge is 0.343 e. The van der Waals surface area contributed by atoms with E-state index in [0.717, 1.165) is 13.1 Å². The van der Waals surface area contributed by atoms with Crippen LogP contribution in [0.1, 0.15) is 46.0 Å². The van der Waals surface area contributed by atoms with Gasteiger partial charge in [0.1, 0.15) is 0 Å². The lowest BCUT2D eigenvalue weighted by molar-refractivity contribution is -0.130. The summed E-state index contributed by atoms with van der Waals surface area (Å²) in [6.45, 7) is 6.78. The van der Waals surface area contributed by atoms with Crippen LogP contribution in [0.25, 0.3) is 0 Å². The third-order valence-corrected chi connectivity index (χ3v) is 2.53. The normalized spacial score (nSPS) is 15.9. The summed E-state index contributed by atoms with van der Waals surface area (Å²) in [5.74, 6) is 0.191.